The van der Waals surface area contributed by atoms with E-state index in [1.54, 1.807) is 24.3 Å². The van der Waals surface area contributed by atoms with Crippen LogP contribution in [0.5, 0.6) is 0 Å². The topological polar surface area (TPSA) is 55.8 Å². The molecular weight excluding hydrogens is 405 g/mol. The van der Waals surface area contributed by atoms with Gasteiger partial charge in [0.2, 0.25) is 0 Å². The second kappa shape index (κ2) is 6.91. The third kappa shape index (κ3) is 3.42. The van der Waals surface area contributed by atoms with Crippen molar-refractivity contribution in [3.63, 3.8) is 0 Å². The first-order valence-corrected chi connectivity index (χ1v) is 11.8. The minimum atomic E-state index is -3.86. The highest BCUT2D eigenvalue weighted by atomic mass is 32.2. The lowest BCUT2D eigenvalue weighted by atomic mass is 9.85. The number of aryl methyl sites for hydroxylation is 1. The minimum Gasteiger partial charge on any atom is -0.398 e. The number of hydrogen-bond acceptors (Lipinski definition) is 5. The average molecular weight is 429 g/mol. The Bertz CT molecular complexity index is 1060. The summed E-state index contributed by atoms with van der Waals surface area (Å²) in [5.74, 6) is 0. The zero-order valence-electron chi connectivity index (χ0n) is 17.2. The molecule has 0 bridgehead atoms. The van der Waals surface area contributed by atoms with Crippen molar-refractivity contribution in [1.29, 1.82) is 0 Å². The Morgan fingerprint density at radius 2 is 1.52 bits per heavy atom. The number of para-hydroxylation sites is 1. The summed E-state index contributed by atoms with van der Waals surface area (Å²) in [4.78, 5) is 1.09. The van der Waals surface area contributed by atoms with E-state index in [2.05, 4.69) is 0 Å². The fourth-order valence-electron chi connectivity index (χ4n) is 3.23. The highest BCUT2D eigenvalue weighted by molar-refractivity contribution is 8.02. The van der Waals surface area contributed by atoms with Gasteiger partial charge < -0.3 is 9.31 Å². The fraction of sp³-hybridized carbons (Fsp3) is 0.333. The van der Waals surface area contributed by atoms with Gasteiger partial charge in [0.05, 0.1) is 27.4 Å². The SMILES string of the molecule is Cc1ccc(S(=O)(=O)N2C(B3OC(C)(C)C(C)(C)O3)=CSc3ccccc32)cc1. The van der Waals surface area contributed by atoms with Gasteiger partial charge in [0.25, 0.3) is 10.0 Å². The second-order valence-corrected chi connectivity index (χ2v) is 11.0. The number of anilines is 1. The van der Waals surface area contributed by atoms with Gasteiger partial charge in [-0.15, -0.1) is 0 Å². The average Bonchev–Trinajstić information content (AvgIpc) is 2.88. The molecule has 1 fully saturated rings. The molecular formula is C21H24BNO4S2. The van der Waals surface area contributed by atoms with Gasteiger partial charge in [-0.2, -0.15) is 0 Å². The van der Waals surface area contributed by atoms with Crippen molar-refractivity contribution in [2.24, 2.45) is 0 Å². The van der Waals surface area contributed by atoms with Crippen molar-refractivity contribution in [2.75, 3.05) is 4.31 Å². The van der Waals surface area contributed by atoms with Gasteiger partial charge in [0.1, 0.15) is 0 Å². The Morgan fingerprint density at radius 1 is 0.931 bits per heavy atom. The highest BCUT2D eigenvalue weighted by Gasteiger charge is 2.55. The van der Waals surface area contributed by atoms with Crippen molar-refractivity contribution in [3.8, 4) is 0 Å². The monoisotopic (exact) mass is 429 g/mol. The standard InChI is InChI=1S/C21H24BNO4S2/c1-15-10-12-16(13-11-15)29(24,25)23-17-8-6-7-9-18(17)28-14-19(23)22-26-20(2,3)21(4,5)27-22/h6-14H,1-5H3. The lowest BCUT2D eigenvalue weighted by Crippen LogP contribution is -2.41. The molecule has 4 rings (SSSR count). The van der Waals surface area contributed by atoms with Crippen LogP contribution in [-0.2, 0) is 19.3 Å². The molecule has 152 valence electrons. The van der Waals surface area contributed by atoms with Gasteiger partial charge in [0, 0.05) is 4.90 Å². The van der Waals surface area contributed by atoms with E-state index in [0.717, 1.165) is 10.5 Å². The first-order valence-electron chi connectivity index (χ1n) is 9.46. The van der Waals surface area contributed by atoms with Crippen LogP contribution >= 0.6 is 11.8 Å². The van der Waals surface area contributed by atoms with Crippen LogP contribution in [0, 0.1) is 6.92 Å². The number of thioether (sulfide) groups is 1. The predicted octanol–water partition coefficient (Wildman–Crippen LogP) is 4.77. The molecule has 1 saturated heterocycles. The van der Waals surface area contributed by atoms with Crippen molar-refractivity contribution < 1.29 is 17.7 Å². The molecule has 0 aliphatic carbocycles. The Balaban J connectivity index is 1.84. The van der Waals surface area contributed by atoms with Crippen molar-refractivity contribution in [1.82, 2.24) is 0 Å². The van der Waals surface area contributed by atoms with Crippen LogP contribution in [0.2, 0.25) is 0 Å². The summed E-state index contributed by atoms with van der Waals surface area (Å²) in [7, 11) is -4.65. The van der Waals surface area contributed by atoms with Gasteiger partial charge in [0.15, 0.2) is 0 Å². The molecule has 2 aliphatic heterocycles. The van der Waals surface area contributed by atoms with Crippen LogP contribution in [0.1, 0.15) is 33.3 Å². The normalized spacial score (nSPS) is 20.4. The van der Waals surface area contributed by atoms with E-state index < -0.39 is 28.3 Å². The van der Waals surface area contributed by atoms with Crippen LogP contribution in [-0.4, -0.2) is 26.7 Å². The minimum absolute atomic E-state index is 0.229. The van der Waals surface area contributed by atoms with Crippen LogP contribution in [0.3, 0.4) is 0 Å². The predicted molar refractivity (Wildman–Crippen MR) is 117 cm³/mol. The summed E-state index contributed by atoms with van der Waals surface area (Å²) in [5, 5.41) is 1.82. The van der Waals surface area contributed by atoms with E-state index in [0.29, 0.717) is 11.3 Å². The fourth-order valence-corrected chi connectivity index (χ4v) is 5.79. The molecule has 0 spiro atoms. The third-order valence-corrected chi connectivity index (χ3v) is 8.39. The van der Waals surface area contributed by atoms with E-state index in [9.17, 15) is 8.42 Å². The van der Waals surface area contributed by atoms with E-state index in [4.69, 9.17) is 9.31 Å². The van der Waals surface area contributed by atoms with E-state index in [1.807, 2.05) is 64.3 Å². The molecule has 0 N–H and O–H groups in total. The second-order valence-electron chi connectivity index (χ2n) is 8.30. The van der Waals surface area contributed by atoms with E-state index in [-0.39, 0.29) is 4.90 Å². The first-order chi connectivity index (χ1) is 13.5. The molecule has 29 heavy (non-hydrogen) atoms. The summed E-state index contributed by atoms with van der Waals surface area (Å²) in [5.41, 5.74) is 0.928. The van der Waals surface area contributed by atoms with Crippen molar-refractivity contribution in [3.05, 3.63) is 65.1 Å². The molecule has 0 unspecified atom stereocenters. The zero-order valence-corrected chi connectivity index (χ0v) is 18.8. The van der Waals surface area contributed by atoms with Gasteiger partial charge >= 0.3 is 7.12 Å². The number of rotatable bonds is 3. The number of fused-ring (bicyclic) bond motifs is 1. The first kappa shape index (κ1) is 20.5. The summed E-state index contributed by atoms with van der Waals surface area (Å²) in [6.07, 6.45) is 0. The molecule has 0 amide bonds. The van der Waals surface area contributed by atoms with E-state index in [1.165, 1.54) is 16.1 Å². The molecule has 5 nitrogen and oxygen atoms in total. The Labute approximate surface area is 177 Å². The summed E-state index contributed by atoms with van der Waals surface area (Å²) in [6, 6.07) is 14.3. The number of sulfonamides is 1. The lowest BCUT2D eigenvalue weighted by Gasteiger charge is -2.32. The zero-order chi connectivity index (χ0) is 21.0. The molecule has 0 atom stereocenters. The lowest BCUT2D eigenvalue weighted by molar-refractivity contribution is 0.00578. The molecule has 2 aromatic rings. The van der Waals surface area contributed by atoms with Crippen LogP contribution in [0.4, 0.5) is 5.69 Å². The number of benzene rings is 2. The molecule has 8 heteroatoms. The maximum atomic E-state index is 13.7. The van der Waals surface area contributed by atoms with Gasteiger partial charge in [-0.25, -0.2) is 12.7 Å². The van der Waals surface area contributed by atoms with Gasteiger partial charge in [-0.1, -0.05) is 41.6 Å². The quantitative estimate of drug-likeness (QED) is 0.658. The maximum absolute atomic E-state index is 13.7. The van der Waals surface area contributed by atoms with E-state index >= 15 is 0 Å². The van der Waals surface area contributed by atoms with Crippen LogP contribution in [0.15, 0.2) is 69.3 Å². The van der Waals surface area contributed by atoms with Crippen molar-refractivity contribution >= 4 is 34.6 Å². The summed E-state index contributed by atoms with van der Waals surface area (Å²) in [6.45, 7) is 9.75. The highest BCUT2D eigenvalue weighted by Crippen LogP contribution is 2.46. The largest absolute Gasteiger partial charge is 0.514 e. The Morgan fingerprint density at radius 3 is 2.14 bits per heavy atom. The third-order valence-electron chi connectivity index (χ3n) is 5.68. The molecule has 0 saturated carbocycles. The Kier molecular flexibility index (Phi) is 4.89. The Hall–Kier alpha value is -1.74. The number of nitrogens with zero attached hydrogens (tertiary/aromatic N) is 1. The molecule has 0 aromatic heterocycles. The summed E-state index contributed by atoms with van der Waals surface area (Å²) >= 11 is 1.47. The van der Waals surface area contributed by atoms with Crippen LogP contribution < -0.4 is 4.31 Å². The summed E-state index contributed by atoms with van der Waals surface area (Å²) < 4.78 is 41.2. The van der Waals surface area contributed by atoms with Crippen LogP contribution in [0.25, 0.3) is 0 Å². The van der Waals surface area contributed by atoms with Gasteiger partial charge in [-0.05, 0) is 64.3 Å². The molecule has 0 radical (unpaired) electrons. The molecule has 2 aromatic carbocycles. The smallest absolute Gasteiger partial charge is 0.398 e. The van der Waals surface area contributed by atoms with Crippen molar-refractivity contribution in [2.45, 2.75) is 55.6 Å². The molecule has 2 heterocycles. The molecule has 2 aliphatic rings. The number of hydrogen-bond donors (Lipinski definition) is 0. The van der Waals surface area contributed by atoms with Gasteiger partial charge in [-0.3, -0.25) is 0 Å². The maximum Gasteiger partial charge on any atom is 0.514 e.